The molecular formula is C28H48N2O21. The number of hydrogen-bond acceptors (Lipinski definition) is 21. The lowest BCUT2D eigenvalue weighted by molar-refractivity contribution is -0.375. The van der Waals surface area contributed by atoms with Gasteiger partial charge in [0.2, 0.25) is 11.8 Å². The maximum absolute atomic E-state index is 12.2. The van der Waals surface area contributed by atoms with Crippen molar-refractivity contribution in [1.82, 2.24) is 10.6 Å². The smallest absolute Gasteiger partial charge is 0.217 e. The lowest BCUT2D eigenvalue weighted by atomic mass is 9.94. The number of carbonyl (C=O) groups is 2. The third-order valence-electron chi connectivity index (χ3n) is 9.01. The highest BCUT2D eigenvalue weighted by molar-refractivity contribution is 5.73. The molecule has 20 atom stereocenters. The van der Waals surface area contributed by atoms with Crippen LogP contribution >= 0.6 is 0 Å². The van der Waals surface area contributed by atoms with Gasteiger partial charge in [-0.2, -0.15) is 0 Å². The average Bonchev–Trinajstić information content (AvgIpc) is 3.09. The molecule has 4 aliphatic heterocycles. The van der Waals surface area contributed by atoms with Crippen molar-refractivity contribution >= 4 is 11.8 Å². The molecule has 51 heavy (non-hydrogen) atoms. The van der Waals surface area contributed by atoms with Crippen LogP contribution in [0.25, 0.3) is 0 Å². The first-order valence-electron chi connectivity index (χ1n) is 16.1. The topological polar surface area (TPSA) is 366 Å². The summed E-state index contributed by atoms with van der Waals surface area (Å²) in [4.78, 5) is 24.1. The Hall–Kier alpha value is -1.82. The summed E-state index contributed by atoms with van der Waals surface area (Å²) < 4.78 is 39.0. The van der Waals surface area contributed by atoms with E-state index in [2.05, 4.69) is 10.6 Å². The Bertz CT molecular complexity index is 1140. The van der Waals surface area contributed by atoms with E-state index < -0.39 is 161 Å². The number of carbonyl (C=O) groups excluding carboxylic acids is 2. The third kappa shape index (κ3) is 9.11. The van der Waals surface area contributed by atoms with Crippen molar-refractivity contribution in [3.8, 4) is 0 Å². The number of aliphatic hydroxyl groups excluding tert-OH is 12. The molecule has 0 aromatic rings. The fourth-order valence-electron chi connectivity index (χ4n) is 6.35. The zero-order valence-electron chi connectivity index (χ0n) is 27.4. The molecule has 0 aromatic carbocycles. The summed E-state index contributed by atoms with van der Waals surface area (Å²) in [5, 5.41) is 130. The second-order valence-electron chi connectivity index (χ2n) is 12.6. The van der Waals surface area contributed by atoms with Crippen LogP contribution in [0.5, 0.6) is 0 Å². The van der Waals surface area contributed by atoms with Crippen LogP contribution in [0, 0.1) is 0 Å². The van der Waals surface area contributed by atoms with Gasteiger partial charge < -0.3 is 105 Å². The lowest BCUT2D eigenvalue weighted by Gasteiger charge is -2.50. The highest BCUT2D eigenvalue weighted by Gasteiger charge is 2.55. The fraction of sp³-hybridized carbons (Fsp3) is 0.929. The average molecular weight is 749 g/mol. The molecule has 4 rings (SSSR count). The molecule has 2 amide bonds. The van der Waals surface area contributed by atoms with Crippen LogP contribution in [-0.2, 0) is 42.7 Å². The van der Waals surface area contributed by atoms with Crippen LogP contribution in [-0.4, -0.2) is 222 Å². The number of aliphatic hydroxyl groups is 12. The van der Waals surface area contributed by atoms with E-state index in [1.165, 1.54) is 0 Å². The standard InChI is InChI=1S/C28H48N2O21/c1-7(35)29-13-18(40)22(49-27-20(42)19(41)15(37)9(3-31)46-27)12(6-34)48-26(13)51-24-17(39)11(5-33)47-28(21(24)43)50-23-14(30-8(2)36)25(44)45-10(4-32)16(23)38/h9-28,31-34,37-44H,3-6H2,1-2H3,(H,29,35)(H,30,36)/t9-,10-,11-,12-,13-,14-,15+,16+,17+,18-,19+,20-,21-,22-,23-,24+,25?,26+,27+,28+/m1/s1. The van der Waals surface area contributed by atoms with Crippen molar-refractivity contribution in [1.29, 1.82) is 0 Å². The number of amides is 2. The van der Waals surface area contributed by atoms with Gasteiger partial charge >= 0.3 is 0 Å². The molecule has 0 bridgehead atoms. The van der Waals surface area contributed by atoms with Gasteiger partial charge in [-0.3, -0.25) is 9.59 Å². The van der Waals surface area contributed by atoms with Crippen LogP contribution in [0.4, 0.5) is 0 Å². The molecule has 23 nitrogen and oxygen atoms in total. The van der Waals surface area contributed by atoms with Gasteiger partial charge in [-0.1, -0.05) is 0 Å². The van der Waals surface area contributed by atoms with E-state index in [-0.39, 0.29) is 0 Å². The largest absolute Gasteiger partial charge is 0.394 e. The molecule has 4 heterocycles. The Kier molecular flexibility index (Phi) is 14.8. The van der Waals surface area contributed by atoms with E-state index in [1.54, 1.807) is 0 Å². The third-order valence-corrected chi connectivity index (χ3v) is 9.01. The molecule has 0 saturated carbocycles. The fourth-order valence-corrected chi connectivity index (χ4v) is 6.35. The van der Waals surface area contributed by atoms with Crippen molar-refractivity contribution in [2.75, 3.05) is 26.4 Å². The Labute approximate surface area is 289 Å². The minimum atomic E-state index is -2.05. The molecule has 4 aliphatic rings. The maximum atomic E-state index is 12.2. The van der Waals surface area contributed by atoms with Gasteiger partial charge in [-0.15, -0.1) is 0 Å². The van der Waals surface area contributed by atoms with E-state index >= 15 is 0 Å². The predicted octanol–water partition coefficient (Wildman–Crippen LogP) is -9.46. The molecule has 0 radical (unpaired) electrons. The summed E-state index contributed by atoms with van der Waals surface area (Å²) in [5.74, 6) is -1.45. The van der Waals surface area contributed by atoms with E-state index in [9.17, 15) is 70.9 Å². The van der Waals surface area contributed by atoms with Gasteiger partial charge in [-0.25, -0.2) is 0 Å². The normalized spacial score (nSPS) is 47.8. The van der Waals surface area contributed by atoms with E-state index in [0.717, 1.165) is 13.8 Å². The number of nitrogens with one attached hydrogen (secondary N) is 2. The lowest BCUT2D eigenvalue weighted by Crippen LogP contribution is -2.70. The molecule has 296 valence electrons. The van der Waals surface area contributed by atoms with Crippen LogP contribution < -0.4 is 10.6 Å². The first-order chi connectivity index (χ1) is 24.1. The second kappa shape index (κ2) is 18.0. The minimum Gasteiger partial charge on any atom is -0.394 e. The van der Waals surface area contributed by atoms with Gasteiger partial charge in [-0.05, 0) is 0 Å². The molecule has 4 fully saturated rings. The molecule has 0 spiro atoms. The Morgan fingerprint density at radius 3 is 1.45 bits per heavy atom. The van der Waals surface area contributed by atoms with Gasteiger partial charge in [0.15, 0.2) is 25.2 Å². The molecular weight excluding hydrogens is 700 g/mol. The van der Waals surface area contributed by atoms with Crippen molar-refractivity contribution in [2.24, 2.45) is 0 Å². The highest BCUT2D eigenvalue weighted by Crippen LogP contribution is 2.34. The Morgan fingerprint density at radius 1 is 0.471 bits per heavy atom. The van der Waals surface area contributed by atoms with Crippen LogP contribution in [0.2, 0.25) is 0 Å². The number of hydrogen-bond donors (Lipinski definition) is 14. The molecule has 14 N–H and O–H groups in total. The van der Waals surface area contributed by atoms with Crippen molar-refractivity contribution in [3.63, 3.8) is 0 Å². The van der Waals surface area contributed by atoms with Crippen molar-refractivity contribution < 1.29 is 104 Å². The summed E-state index contributed by atoms with van der Waals surface area (Å²) >= 11 is 0. The quantitative estimate of drug-likeness (QED) is 0.0881. The highest BCUT2D eigenvalue weighted by atomic mass is 16.8. The minimum absolute atomic E-state index is 0.690. The number of ether oxygens (including phenoxy) is 7. The first kappa shape index (κ1) is 41.9. The summed E-state index contributed by atoms with van der Waals surface area (Å²) in [6.07, 6.45) is -31.5. The van der Waals surface area contributed by atoms with E-state index in [4.69, 9.17) is 33.2 Å². The zero-order chi connectivity index (χ0) is 37.9. The van der Waals surface area contributed by atoms with Gasteiger partial charge in [0.1, 0.15) is 97.5 Å². The van der Waals surface area contributed by atoms with E-state index in [1.807, 2.05) is 0 Å². The molecule has 0 aliphatic carbocycles. The van der Waals surface area contributed by atoms with E-state index in [0.29, 0.717) is 0 Å². The van der Waals surface area contributed by atoms with Crippen LogP contribution in [0.15, 0.2) is 0 Å². The summed E-state index contributed by atoms with van der Waals surface area (Å²) in [7, 11) is 0. The maximum Gasteiger partial charge on any atom is 0.217 e. The first-order valence-corrected chi connectivity index (χ1v) is 16.1. The number of rotatable bonds is 12. The zero-order valence-corrected chi connectivity index (χ0v) is 27.4. The van der Waals surface area contributed by atoms with Gasteiger partial charge in [0, 0.05) is 13.8 Å². The summed E-state index contributed by atoms with van der Waals surface area (Å²) in [6.45, 7) is -1.29. The van der Waals surface area contributed by atoms with Crippen molar-refractivity contribution in [2.45, 2.75) is 137 Å². The van der Waals surface area contributed by atoms with Gasteiger partial charge in [0.25, 0.3) is 0 Å². The molecule has 1 unspecified atom stereocenters. The van der Waals surface area contributed by atoms with Crippen LogP contribution in [0.3, 0.4) is 0 Å². The van der Waals surface area contributed by atoms with Gasteiger partial charge in [0.05, 0.1) is 26.4 Å². The predicted molar refractivity (Wildman–Crippen MR) is 157 cm³/mol. The summed E-state index contributed by atoms with van der Waals surface area (Å²) in [6, 6.07) is -3.11. The Morgan fingerprint density at radius 2 is 0.902 bits per heavy atom. The van der Waals surface area contributed by atoms with Crippen LogP contribution in [0.1, 0.15) is 13.8 Å². The monoisotopic (exact) mass is 748 g/mol. The second-order valence-corrected chi connectivity index (χ2v) is 12.6. The SMILES string of the molecule is CC(=O)N[C@H]1[C@H](O[C@H]2[C@@H](O)[C@@H](CO)O[C@@H](O[C@H]3[C@@H](O)[C@@H](CO)OC(O)[C@@H]3NC(C)=O)[C@@H]2O)O[C@H](CO)[C@@H](O[C@@H]2O[C@H](CO)[C@H](O)[C@H](O)[C@H]2O)[C@@H]1O. The summed E-state index contributed by atoms with van der Waals surface area (Å²) in [5.41, 5.74) is 0. The van der Waals surface area contributed by atoms with Crippen molar-refractivity contribution in [3.05, 3.63) is 0 Å². The molecule has 0 aromatic heterocycles. The molecule has 4 saturated heterocycles. The molecule has 23 heteroatoms. The Balaban J connectivity index is 1.58.